The Bertz CT molecular complexity index is 466. The molecule has 4 heteroatoms. The molecule has 2 rings (SSSR count). The van der Waals surface area contributed by atoms with E-state index in [1.807, 2.05) is 19.1 Å². The third-order valence-electron chi connectivity index (χ3n) is 4.25. The van der Waals surface area contributed by atoms with E-state index in [0.717, 1.165) is 24.8 Å². The molecule has 1 aromatic carbocycles. The van der Waals surface area contributed by atoms with Crippen LogP contribution in [-0.4, -0.2) is 17.3 Å². The van der Waals surface area contributed by atoms with E-state index in [4.69, 9.17) is 23.2 Å². The Balaban J connectivity index is 1.98. The van der Waals surface area contributed by atoms with Gasteiger partial charge >= 0.3 is 0 Å². The Labute approximate surface area is 131 Å². The smallest absolute Gasteiger partial charge is 0.0774 e. The molecule has 3 unspecified atom stereocenters. The second kappa shape index (κ2) is 6.65. The second-order valence-electron chi connectivity index (χ2n) is 6.17. The van der Waals surface area contributed by atoms with Gasteiger partial charge in [0.15, 0.2) is 0 Å². The Morgan fingerprint density at radius 2 is 2.20 bits per heavy atom. The number of halogens is 2. The molecule has 0 radical (unpaired) electrons. The summed E-state index contributed by atoms with van der Waals surface area (Å²) >= 11 is 12.3. The van der Waals surface area contributed by atoms with Crippen LogP contribution in [0.25, 0.3) is 0 Å². The van der Waals surface area contributed by atoms with Crippen molar-refractivity contribution in [2.45, 2.75) is 51.2 Å². The first-order chi connectivity index (χ1) is 9.41. The summed E-state index contributed by atoms with van der Waals surface area (Å²) in [5.41, 5.74) is 0.392. The molecule has 112 valence electrons. The zero-order valence-electron chi connectivity index (χ0n) is 12.1. The summed E-state index contributed by atoms with van der Waals surface area (Å²) < 4.78 is 0. The van der Waals surface area contributed by atoms with Gasteiger partial charge in [-0.2, -0.15) is 0 Å². The lowest BCUT2D eigenvalue weighted by atomic mass is 9.79. The van der Waals surface area contributed by atoms with Crippen molar-refractivity contribution in [1.29, 1.82) is 0 Å². The molecule has 1 aliphatic carbocycles. The maximum atomic E-state index is 10.6. The summed E-state index contributed by atoms with van der Waals surface area (Å²) in [6.07, 6.45) is 4.07. The Kier molecular flexibility index (Phi) is 5.36. The number of nitrogens with one attached hydrogen (secondary N) is 1. The van der Waals surface area contributed by atoms with E-state index in [1.165, 1.54) is 6.42 Å². The molecule has 0 spiro atoms. The van der Waals surface area contributed by atoms with Crippen LogP contribution in [0.4, 0.5) is 0 Å². The zero-order valence-corrected chi connectivity index (χ0v) is 13.6. The van der Waals surface area contributed by atoms with Crippen LogP contribution >= 0.6 is 23.2 Å². The zero-order chi connectivity index (χ0) is 14.8. The second-order valence-corrected chi connectivity index (χ2v) is 6.96. The predicted molar refractivity (Wildman–Crippen MR) is 85.5 cm³/mol. The molecule has 2 N–H and O–H groups in total. The number of hydrogen-bond acceptors (Lipinski definition) is 2. The molecule has 1 saturated carbocycles. The number of rotatable bonds is 4. The Morgan fingerprint density at radius 3 is 2.90 bits per heavy atom. The predicted octanol–water partition coefficient (Wildman–Crippen LogP) is 4.59. The Hall–Kier alpha value is -0.280. The highest BCUT2D eigenvalue weighted by molar-refractivity contribution is 6.42. The highest BCUT2D eigenvalue weighted by Crippen LogP contribution is 2.33. The quantitative estimate of drug-likeness (QED) is 0.852. The fraction of sp³-hybridized carbons (Fsp3) is 0.625. The van der Waals surface area contributed by atoms with Crippen LogP contribution in [0.2, 0.25) is 10.0 Å². The third-order valence-corrected chi connectivity index (χ3v) is 5.09. The van der Waals surface area contributed by atoms with Gasteiger partial charge in [-0.1, -0.05) is 55.1 Å². The molecule has 1 fully saturated rings. The van der Waals surface area contributed by atoms with Gasteiger partial charge in [-0.15, -0.1) is 0 Å². The maximum Gasteiger partial charge on any atom is 0.0774 e. The summed E-state index contributed by atoms with van der Waals surface area (Å²) in [5, 5.41) is 15.2. The first kappa shape index (κ1) is 16.1. The topological polar surface area (TPSA) is 32.3 Å². The first-order valence-electron chi connectivity index (χ1n) is 7.31. The van der Waals surface area contributed by atoms with Gasteiger partial charge in [-0.3, -0.25) is 0 Å². The molecule has 0 bridgehead atoms. The van der Waals surface area contributed by atoms with Gasteiger partial charge in [0, 0.05) is 12.6 Å². The molecule has 0 saturated heterocycles. The van der Waals surface area contributed by atoms with Gasteiger partial charge < -0.3 is 10.4 Å². The molecule has 2 nitrogen and oxygen atoms in total. The normalized spacial score (nSPS) is 28.4. The van der Waals surface area contributed by atoms with Crippen LogP contribution < -0.4 is 5.32 Å². The SMILES string of the molecule is CC1CCCC(O)(CNC(C)c2cccc(Cl)c2Cl)C1. The number of benzene rings is 1. The lowest BCUT2D eigenvalue weighted by molar-refractivity contribution is -0.0134. The van der Waals surface area contributed by atoms with E-state index in [0.29, 0.717) is 22.5 Å². The van der Waals surface area contributed by atoms with Gasteiger partial charge in [-0.25, -0.2) is 0 Å². The molecule has 3 atom stereocenters. The van der Waals surface area contributed by atoms with E-state index in [9.17, 15) is 5.11 Å². The minimum absolute atomic E-state index is 0.0717. The maximum absolute atomic E-state index is 10.6. The van der Waals surface area contributed by atoms with Crippen molar-refractivity contribution < 1.29 is 5.11 Å². The summed E-state index contributed by atoms with van der Waals surface area (Å²) in [4.78, 5) is 0. The fourth-order valence-electron chi connectivity index (χ4n) is 3.10. The molecular formula is C16H23Cl2NO. The third kappa shape index (κ3) is 3.88. The van der Waals surface area contributed by atoms with E-state index in [1.54, 1.807) is 6.07 Å². The van der Waals surface area contributed by atoms with Crippen LogP contribution in [0, 0.1) is 5.92 Å². The van der Waals surface area contributed by atoms with Crippen molar-refractivity contribution in [3.8, 4) is 0 Å². The number of hydrogen-bond donors (Lipinski definition) is 2. The van der Waals surface area contributed by atoms with E-state index in [2.05, 4.69) is 12.2 Å². The standard InChI is InChI=1S/C16H23Cl2NO/c1-11-5-4-8-16(20,9-11)10-19-12(2)13-6-3-7-14(17)15(13)18/h3,6-7,11-12,19-20H,4-5,8-10H2,1-2H3. The molecule has 0 aromatic heterocycles. The first-order valence-corrected chi connectivity index (χ1v) is 8.06. The molecular weight excluding hydrogens is 293 g/mol. The van der Waals surface area contributed by atoms with Gasteiger partial charge in [0.1, 0.15) is 0 Å². The van der Waals surface area contributed by atoms with Crippen molar-refractivity contribution >= 4 is 23.2 Å². The fourth-order valence-corrected chi connectivity index (χ4v) is 3.57. The van der Waals surface area contributed by atoms with Gasteiger partial charge in [-0.05, 0) is 37.3 Å². The average molecular weight is 316 g/mol. The summed E-state index contributed by atoms with van der Waals surface area (Å²) in [5.74, 6) is 0.598. The van der Waals surface area contributed by atoms with Crippen molar-refractivity contribution in [3.63, 3.8) is 0 Å². The Morgan fingerprint density at radius 1 is 1.45 bits per heavy atom. The molecule has 1 aromatic rings. The lowest BCUT2D eigenvalue weighted by Gasteiger charge is -2.36. The molecule has 20 heavy (non-hydrogen) atoms. The average Bonchev–Trinajstić information content (AvgIpc) is 2.39. The van der Waals surface area contributed by atoms with Crippen LogP contribution in [0.5, 0.6) is 0 Å². The highest BCUT2D eigenvalue weighted by Gasteiger charge is 2.32. The van der Waals surface area contributed by atoms with Gasteiger partial charge in [0.2, 0.25) is 0 Å². The summed E-state index contributed by atoms with van der Waals surface area (Å²) in [6.45, 7) is 4.86. The van der Waals surface area contributed by atoms with E-state index >= 15 is 0 Å². The lowest BCUT2D eigenvalue weighted by Crippen LogP contribution is -2.44. The van der Waals surface area contributed by atoms with Crippen LogP contribution in [0.3, 0.4) is 0 Å². The minimum atomic E-state index is -0.586. The molecule has 0 amide bonds. The molecule has 1 aliphatic rings. The van der Waals surface area contributed by atoms with E-state index in [-0.39, 0.29) is 6.04 Å². The van der Waals surface area contributed by atoms with Crippen molar-refractivity contribution in [2.75, 3.05) is 6.54 Å². The molecule has 0 heterocycles. The van der Waals surface area contributed by atoms with Crippen molar-refractivity contribution in [2.24, 2.45) is 5.92 Å². The van der Waals surface area contributed by atoms with E-state index < -0.39 is 5.60 Å². The largest absolute Gasteiger partial charge is 0.389 e. The molecule has 0 aliphatic heterocycles. The van der Waals surface area contributed by atoms with Crippen molar-refractivity contribution in [3.05, 3.63) is 33.8 Å². The van der Waals surface area contributed by atoms with Gasteiger partial charge in [0.25, 0.3) is 0 Å². The van der Waals surface area contributed by atoms with Crippen molar-refractivity contribution in [1.82, 2.24) is 5.32 Å². The summed E-state index contributed by atoms with van der Waals surface area (Å²) in [6, 6.07) is 5.73. The summed E-state index contributed by atoms with van der Waals surface area (Å²) in [7, 11) is 0. The minimum Gasteiger partial charge on any atom is -0.389 e. The number of aliphatic hydroxyl groups is 1. The monoisotopic (exact) mass is 315 g/mol. The highest BCUT2D eigenvalue weighted by atomic mass is 35.5. The van der Waals surface area contributed by atoms with Crippen LogP contribution in [0.1, 0.15) is 51.1 Å². The van der Waals surface area contributed by atoms with Gasteiger partial charge in [0.05, 0.1) is 15.6 Å². The van der Waals surface area contributed by atoms with Crippen LogP contribution in [-0.2, 0) is 0 Å². The van der Waals surface area contributed by atoms with Crippen LogP contribution in [0.15, 0.2) is 18.2 Å².